The third-order valence-corrected chi connectivity index (χ3v) is 2.73. The van der Waals surface area contributed by atoms with Gasteiger partial charge in [-0.15, -0.1) is 0 Å². The van der Waals surface area contributed by atoms with Crippen LogP contribution in [0, 0.1) is 0 Å². The third-order valence-electron chi connectivity index (χ3n) is 2.37. The van der Waals surface area contributed by atoms with Crippen LogP contribution in [-0.4, -0.2) is 15.8 Å². The summed E-state index contributed by atoms with van der Waals surface area (Å²) >= 11 is 6.19. The van der Waals surface area contributed by atoms with Crippen molar-refractivity contribution in [2.75, 3.05) is 0 Å². The highest BCUT2D eigenvalue weighted by Gasteiger charge is 2.10. The lowest BCUT2D eigenvalue weighted by molar-refractivity contribution is 0.728. The van der Waals surface area contributed by atoms with Crippen LogP contribution in [0.25, 0.3) is 5.69 Å². The van der Waals surface area contributed by atoms with Crippen LogP contribution in [0.3, 0.4) is 0 Å². The van der Waals surface area contributed by atoms with Gasteiger partial charge in [-0.3, -0.25) is 0 Å². The van der Waals surface area contributed by atoms with Crippen molar-refractivity contribution in [3.05, 3.63) is 47.2 Å². The molecule has 0 saturated carbocycles. The molecule has 0 spiro atoms. The molecule has 1 aromatic heterocycles. The first-order valence-corrected chi connectivity index (χ1v) is 5.59. The molecule has 0 fully saturated rings. The number of benzene rings is 1. The summed E-state index contributed by atoms with van der Waals surface area (Å²) in [4.78, 5) is 0. The molecule has 0 aliphatic heterocycles. The zero-order chi connectivity index (χ0) is 11.5. The highest BCUT2D eigenvalue weighted by Crippen LogP contribution is 2.23. The molecule has 1 unspecified atom stereocenters. The van der Waals surface area contributed by atoms with Crippen molar-refractivity contribution in [1.29, 1.82) is 0 Å². The van der Waals surface area contributed by atoms with Gasteiger partial charge in [0.1, 0.15) is 0 Å². The van der Waals surface area contributed by atoms with Gasteiger partial charge in [0.2, 0.25) is 0 Å². The molecule has 0 saturated heterocycles. The van der Waals surface area contributed by atoms with Crippen LogP contribution in [0.15, 0.2) is 36.7 Å². The zero-order valence-corrected chi connectivity index (χ0v) is 9.85. The molecule has 1 atom stereocenters. The number of nitrogens with two attached hydrogens (primary N) is 1. The maximum atomic E-state index is 6.19. The van der Waals surface area contributed by atoms with Gasteiger partial charge < -0.3 is 5.73 Å². The summed E-state index contributed by atoms with van der Waals surface area (Å²) in [6.45, 7) is 1.97. The molecule has 1 heterocycles. The summed E-state index contributed by atoms with van der Waals surface area (Å²) in [6.07, 6.45) is 4.39. The second kappa shape index (κ2) is 4.68. The van der Waals surface area contributed by atoms with Crippen LogP contribution < -0.4 is 5.73 Å². The van der Waals surface area contributed by atoms with Crippen LogP contribution >= 0.6 is 11.6 Å². The average molecular weight is 236 g/mol. The fraction of sp³-hybridized carbons (Fsp3) is 0.250. The predicted molar refractivity (Wildman–Crippen MR) is 65.9 cm³/mol. The lowest BCUT2D eigenvalue weighted by Crippen LogP contribution is -2.19. The van der Waals surface area contributed by atoms with E-state index in [0.29, 0.717) is 0 Å². The quantitative estimate of drug-likeness (QED) is 0.888. The minimum absolute atomic E-state index is 0.0780. The zero-order valence-electron chi connectivity index (χ0n) is 9.10. The lowest BCUT2D eigenvalue weighted by atomic mass is 10.1. The Bertz CT molecular complexity index is 463. The van der Waals surface area contributed by atoms with E-state index in [4.69, 9.17) is 17.3 Å². The Balaban J connectivity index is 2.48. The molecule has 2 aromatic rings. The van der Waals surface area contributed by atoms with E-state index in [0.717, 1.165) is 22.7 Å². The standard InChI is InChI=1S/C12H14ClN3/c1-9(14)8-10-11(13)4-2-5-12(10)16-7-3-6-15-16/h2-7,9H,8,14H2,1H3. The first-order chi connectivity index (χ1) is 7.68. The van der Waals surface area contributed by atoms with Crippen LogP contribution in [0.4, 0.5) is 0 Å². The van der Waals surface area contributed by atoms with Crippen LogP contribution in [0.2, 0.25) is 5.02 Å². The number of hydrogen-bond donors (Lipinski definition) is 1. The van der Waals surface area contributed by atoms with Crippen molar-refractivity contribution in [1.82, 2.24) is 9.78 Å². The second-order valence-corrected chi connectivity index (χ2v) is 4.28. The highest BCUT2D eigenvalue weighted by atomic mass is 35.5. The Labute approximate surface area is 99.8 Å². The molecular formula is C12H14ClN3. The summed E-state index contributed by atoms with van der Waals surface area (Å²) < 4.78 is 1.81. The highest BCUT2D eigenvalue weighted by molar-refractivity contribution is 6.31. The van der Waals surface area contributed by atoms with Crippen LogP contribution in [0.5, 0.6) is 0 Å². The van der Waals surface area contributed by atoms with Gasteiger partial charge in [-0.05, 0) is 37.1 Å². The lowest BCUT2D eigenvalue weighted by Gasteiger charge is -2.13. The molecule has 1 aromatic carbocycles. The maximum absolute atomic E-state index is 6.19. The molecular weight excluding hydrogens is 222 g/mol. The average Bonchev–Trinajstić information content (AvgIpc) is 2.73. The van der Waals surface area contributed by atoms with Crippen molar-refractivity contribution in [2.24, 2.45) is 5.73 Å². The Morgan fingerprint density at radius 3 is 2.88 bits per heavy atom. The SMILES string of the molecule is CC(N)Cc1c(Cl)cccc1-n1cccn1. The second-order valence-electron chi connectivity index (χ2n) is 3.87. The Morgan fingerprint density at radius 1 is 1.44 bits per heavy atom. The third kappa shape index (κ3) is 2.26. The molecule has 0 amide bonds. The van der Waals surface area contributed by atoms with Gasteiger partial charge in [0, 0.05) is 23.5 Å². The van der Waals surface area contributed by atoms with Gasteiger partial charge in [-0.2, -0.15) is 5.10 Å². The minimum atomic E-state index is 0.0780. The van der Waals surface area contributed by atoms with Crippen LogP contribution in [0.1, 0.15) is 12.5 Å². The number of hydrogen-bond acceptors (Lipinski definition) is 2. The van der Waals surface area contributed by atoms with Crippen molar-refractivity contribution in [3.63, 3.8) is 0 Å². The van der Waals surface area contributed by atoms with Gasteiger partial charge in [-0.25, -0.2) is 4.68 Å². The molecule has 0 aliphatic rings. The van der Waals surface area contributed by atoms with E-state index in [1.54, 1.807) is 6.20 Å². The van der Waals surface area contributed by atoms with Crippen molar-refractivity contribution in [2.45, 2.75) is 19.4 Å². The molecule has 2 rings (SSSR count). The molecule has 0 aliphatic carbocycles. The van der Waals surface area contributed by atoms with Gasteiger partial charge >= 0.3 is 0 Å². The van der Waals surface area contributed by atoms with Gasteiger partial charge in [0.05, 0.1) is 5.69 Å². The van der Waals surface area contributed by atoms with Crippen LogP contribution in [-0.2, 0) is 6.42 Å². The fourth-order valence-electron chi connectivity index (χ4n) is 1.70. The summed E-state index contributed by atoms with van der Waals surface area (Å²) in [5, 5.41) is 4.95. The largest absolute Gasteiger partial charge is 0.328 e. The summed E-state index contributed by atoms with van der Waals surface area (Å²) in [5.74, 6) is 0. The first-order valence-electron chi connectivity index (χ1n) is 5.21. The minimum Gasteiger partial charge on any atom is -0.328 e. The van der Waals surface area contributed by atoms with E-state index >= 15 is 0 Å². The van der Waals surface area contributed by atoms with Gasteiger partial charge in [0.15, 0.2) is 0 Å². The summed E-state index contributed by atoms with van der Waals surface area (Å²) in [6, 6.07) is 7.76. The Morgan fingerprint density at radius 2 is 2.25 bits per heavy atom. The molecule has 84 valence electrons. The number of nitrogens with zero attached hydrogens (tertiary/aromatic N) is 2. The van der Waals surface area contributed by atoms with Gasteiger partial charge in [-0.1, -0.05) is 17.7 Å². The van der Waals surface area contributed by atoms with E-state index in [1.807, 2.05) is 42.1 Å². The number of halogens is 1. The maximum Gasteiger partial charge on any atom is 0.0692 e. The molecule has 3 nitrogen and oxygen atoms in total. The molecule has 0 radical (unpaired) electrons. The van der Waals surface area contributed by atoms with E-state index in [9.17, 15) is 0 Å². The normalized spacial score (nSPS) is 12.7. The molecule has 4 heteroatoms. The van der Waals surface area contributed by atoms with E-state index in [2.05, 4.69) is 5.10 Å². The summed E-state index contributed by atoms with van der Waals surface area (Å²) in [5.41, 5.74) is 7.87. The predicted octanol–water partition coefficient (Wildman–Crippen LogP) is 2.42. The molecule has 2 N–H and O–H groups in total. The van der Waals surface area contributed by atoms with Crippen molar-refractivity contribution < 1.29 is 0 Å². The Kier molecular flexibility index (Phi) is 3.27. The smallest absolute Gasteiger partial charge is 0.0692 e. The number of aromatic nitrogens is 2. The van der Waals surface area contributed by atoms with Crippen molar-refractivity contribution >= 4 is 11.6 Å². The van der Waals surface area contributed by atoms with Gasteiger partial charge in [0.25, 0.3) is 0 Å². The monoisotopic (exact) mass is 235 g/mol. The topological polar surface area (TPSA) is 43.8 Å². The molecule has 16 heavy (non-hydrogen) atoms. The van der Waals surface area contributed by atoms with Crippen molar-refractivity contribution in [3.8, 4) is 5.69 Å². The van der Waals surface area contributed by atoms with E-state index in [-0.39, 0.29) is 6.04 Å². The fourth-order valence-corrected chi connectivity index (χ4v) is 1.94. The summed E-state index contributed by atoms with van der Waals surface area (Å²) in [7, 11) is 0. The first kappa shape index (κ1) is 11.2. The van der Waals surface area contributed by atoms with E-state index in [1.165, 1.54) is 0 Å². The van der Waals surface area contributed by atoms with E-state index < -0.39 is 0 Å². The number of rotatable bonds is 3. The Hall–Kier alpha value is -1.32. The molecule has 0 bridgehead atoms.